The van der Waals surface area contributed by atoms with Crippen molar-refractivity contribution in [3.8, 4) is 0 Å². The Hall–Kier alpha value is -1.04. The van der Waals surface area contributed by atoms with Crippen LogP contribution in [0.3, 0.4) is 0 Å². The van der Waals surface area contributed by atoms with Gasteiger partial charge in [-0.1, -0.05) is 30.3 Å². The van der Waals surface area contributed by atoms with Gasteiger partial charge in [-0.25, -0.2) is 8.42 Å². The van der Waals surface area contributed by atoms with Crippen molar-refractivity contribution in [3.05, 3.63) is 58.6 Å². The molecule has 0 spiro atoms. The number of para-hydroxylation sites is 1. The summed E-state index contributed by atoms with van der Waals surface area (Å²) in [4.78, 5) is 0.194. The fourth-order valence-electron chi connectivity index (χ4n) is 1.60. The molecule has 19 heavy (non-hydrogen) atoms. The van der Waals surface area contributed by atoms with Crippen LogP contribution in [0.25, 0.3) is 0 Å². The number of rotatable bonds is 4. The molecule has 2 rings (SSSR count). The highest BCUT2D eigenvalue weighted by Gasteiger charge is 2.18. The second kappa shape index (κ2) is 5.94. The van der Waals surface area contributed by atoms with Gasteiger partial charge >= 0.3 is 0 Å². The molecular weight excluding hydrogens is 350 g/mol. The summed E-state index contributed by atoms with van der Waals surface area (Å²) < 4.78 is 27.7. The maximum Gasteiger partial charge on any atom is 0.263 e. The van der Waals surface area contributed by atoms with E-state index in [0.717, 1.165) is 5.56 Å². The molecule has 1 N–H and O–H groups in total. The first-order valence-electron chi connectivity index (χ1n) is 5.46. The highest BCUT2D eigenvalue weighted by Crippen LogP contribution is 2.25. The number of benzene rings is 2. The first kappa shape index (κ1) is 14.4. The summed E-state index contributed by atoms with van der Waals surface area (Å²) in [6, 6.07) is 13.7. The molecular formula is C13H11BrClNO2S. The van der Waals surface area contributed by atoms with Gasteiger partial charge in [0.2, 0.25) is 0 Å². The van der Waals surface area contributed by atoms with E-state index in [1.54, 1.807) is 36.4 Å². The summed E-state index contributed by atoms with van der Waals surface area (Å²) in [6.07, 6.45) is 0. The second-order valence-corrected chi connectivity index (χ2v) is 6.60. The summed E-state index contributed by atoms with van der Waals surface area (Å²) >= 11 is 9.03. The Labute approximate surface area is 125 Å². The van der Waals surface area contributed by atoms with E-state index in [4.69, 9.17) is 11.6 Å². The highest BCUT2D eigenvalue weighted by molar-refractivity contribution is 9.10. The number of hydrogen-bond donors (Lipinski definition) is 1. The molecule has 100 valence electrons. The Morgan fingerprint density at radius 1 is 1.05 bits per heavy atom. The molecule has 0 amide bonds. The van der Waals surface area contributed by atoms with E-state index in [9.17, 15) is 8.42 Å². The van der Waals surface area contributed by atoms with Gasteiger partial charge in [-0.05, 0) is 39.7 Å². The first-order valence-corrected chi connectivity index (χ1v) is 8.27. The predicted octanol–water partition coefficient (Wildman–Crippen LogP) is 3.99. The summed E-state index contributed by atoms with van der Waals surface area (Å²) in [5.74, 6) is 0.245. The first-order chi connectivity index (χ1) is 9.04. The van der Waals surface area contributed by atoms with Crippen LogP contribution in [0.5, 0.6) is 0 Å². The standard InChI is InChI=1S/C13H11BrClNO2S/c14-11-6-2-4-8-13(11)19(17,18)16-12-7-3-1-5-10(12)9-15/h1-8,16H,9H2. The van der Waals surface area contributed by atoms with Crippen LogP contribution in [0.4, 0.5) is 5.69 Å². The lowest BCUT2D eigenvalue weighted by molar-refractivity contribution is 0.600. The van der Waals surface area contributed by atoms with Crippen LogP contribution in [0.15, 0.2) is 57.9 Å². The minimum absolute atomic E-state index is 0.194. The minimum Gasteiger partial charge on any atom is -0.279 e. The lowest BCUT2D eigenvalue weighted by Crippen LogP contribution is -2.14. The van der Waals surface area contributed by atoms with Gasteiger partial charge in [-0.15, -0.1) is 11.6 Å². The third-order valence-corrected chi connectivity index (χ3v) is 5.20. The predicted molar refractivity (Wildman–Crippen MR) is 80.9 cm³/mol. The molecule has 0 bridgehead atoms. The molecule has 0 unspecified atom stereocenters. The van der Waals surface area contributed by atoms with Crippen LogP contribution in [0, 0.1) is 0 Å². The van der Waals surface area contributed by atoms with Crippen LogP contribution in [0.2, 0.25) is 0 Å². The van der Waals surface area contributed by atoms with Crippen molar-refractivity contribution in [3.63, 3.8) is 0 Å². The van der Waals surface area contributed by atoms with Crippen LogP contribution in [-0.2, 0) is 15.9 Å². The molecule has 0 saturated carbocycles. The van der Waals surface area contributed by atoms with Crippen molar-refractivity contribution in [2.75, 3.05) is 4.72 Å². The third kappa shape index (κ3) is 3.29. The molecule has 0 aromatic heterocycles. The zero-order valence-corrected chi connectivity index (χ0v) is 13.0. The molecule has 2 aromatic rings. The van der Waals surface area contributed by atoms with E-state index in [2.05, 4.69) is 20.7 Å². The van der Waals surface area contributed by atoms with Crippen molar-refractivity contribution in [2.24, 2.45) is 0 Å². The Balaban J connectivity index is 2.40. The summed E-state index contributed by atoms with van der Waals surface area (Å²) in [7, 11) is -3.63. The quantitative estimate of drug-likeness (QED) is 0.838. The van der Waals surface area contributed by atoms with Gasteiger partial charge in [-0.3, -0.25) is 4.72 Å². The normalized spacial score (nSPS) is 11.3. The summed E-state index contributed by atoms with van der Waals surface area (Å²) in [5, 5.41) is 0. The van der Waals surface area contributed by atoms with Crippen LogP contribution in [0.1, 0.15) is 5.56 Å². The number of halogens is 2. The van der Waals surface area contributed by atoms with Gasteiger partial charge in [-0.2, -0.15) is 0 Å². The van der Waals surface area contributed by atoms with Crippen LogP contribution < -0.4 is 4.72 Å². The molecule has 0 atom stereocenters. The van der Waals surface area contributed by atoms with Gasteiger partial charge in [0.1, 0.15) is 4.90 Å². The summed E-state index contributed by atoms with van der Waals surface area (Å²) in [6.45, 7) is 0. The molecule has 0 radical (unpaired) electrons. The van der Waals surface area contributed by atoms with Gasteiger partial charge in [0, 0.05) is 10.4 Å². The Kier molecular flexibility index (Phi) is 4.50. The van der Waals surface area contributed by atoms with Crippen molar-refractivity contribution >= 4 is 43.2 Å². The van der Waals surface area contributed by atoms with Crippen molar-refractivity contribution < 1.29 is 8.42 Å². The second-order valence-electron chi connectivity index (χ2n) is 3.83. The average Bonchev–Trinajstić information content (AvgIpc) is 2.39. The SMILES string of the molecule is O=S(=O)(Nc1ccccc1CCl)c1ccccc1Br. The topological polar surface area (TPSA) is 46.2 Å². The van der Waals surface area contributed by atoms with E-state index < -0.39 is 10.0 Å². The number of nitrogens with one attached hydrogen (secondary N) is 1. The largest absolute Gasteiger partial charge is 0.279 e. The van der Waals surface area contributed by atoms with E-state index >= 15 is 0 Å². The Morgan fingerprint density at radius 3 is 2.37 bits per heavy atom. The molecule has 0 aliphatic heterocycles. The Morgan fingerprint density at radius 2 is 1.68 bits per heavy atom. The van der Waals surface area contributed by atoms with E-state index in [1.165, 1.54) is 6.07 Å². The smallest absolute Gasteiger partial charge is 0.263 e. The minimum atomic E-state index is -3.63. The molecule has 2 aromatic carbocycles. The van der Waals surface area contributed by atoms with Crippen molar-refractivity contribution in [1.82, 2.24) is 0 Å². The zero-order chi connectivity index (χ0) is 13.9. The van der Waals surface area contributed by atoms with Crippen molar-refractivity contribution in [1.29, 1.82) is 0 Å². The highest BCUT2D eigenvalue weighted by atomic mass is 79.9. The van der Waals surface area contributed by atoms with E-state index in [1.807, 2.05) is 6.07 Å². The van der Waals surface area contributed by atoms with Gasteiger partial charge in [0.15, 0.2) is 0 Å². The number of sulfonamides is 1. The molecule has 0 saturated heterocycles. The lowest BCUT2D eigenvalue weighted by atomic mass is 10.2. The summed E-state index contributed by atoms with van der Waals surface area (Å²) in [5.41, 5.74) is 1.23. The maximum absolute atomic E-state index is 12.3. The fourth-order valence-corrected chi connectivity index (χ4v) is 3.94. The molecule has 0 fully saturated rings. The number of alkyl halides is 1. The van der Waals surface area contributed by atoms with Crippen LogP contribution in [-0.4, -0.2) is 8.42 Å². The van der Waals surface area contributed by atoms with E-state index in [-0.39, 0.29) is 10.8 Å². The molecule has 0 aliphatic carbocycles. The lowest BCUT2D eigenvalue weighted by Gasteiger charge is -2.12. The van der Waals surface area contributed by atoms with Gasteiger partial charge in [0.25, 0.3) is 10.0 Å². The van der Waals surface area contributed by atoms with Gasteiger partial charge < -0.3 is 0 Å². The fraction of sp³-hybridized carbons (Fsp3) is 0.0769. The molecule has 3 nitrogen and oxygen atoms in total. The van der Waals surface area contributed by atoms with Crippen molar-refractivity contribution in [2.45, 2.75) is 10.8 Å². The monoisotopic (exact) mass is 359 g/mol. The Bertz CT molecular complexity index is 689. The maximum atomic E-state index is 12.3. The van der Waals surface area contributed by atoms with Crippen LogP contribution >= 0.6 is 27.5 Å². The number of hydrogen-bond acceptors (Lipinski definition) is 2. The van der Waals surface area contributed by atoms with Gasteiger partial charge in [0.05, 0.1) is 5.69 Å². The third-order valence-electron chi connectivity index (χ3n) is 2.53. The molecule has 0 heterocycles. The molecule has 6 heteroatoms. The average molecular weight is 361 g/mol. The molecule has 0 aliphatic rings. The number of anilines is 1. The van der Waals surface area contributed by atoms with E-state index in [0.29, 0.717) is 10.2 Å². The zero-order valence-electron chi connectivity index (χ0n) is 9.81.